The average Bonchev–Trinajstić information content (AvgIpc) is 3.52. The van der Waals surface area contributed by atoms with Gasteiger partial charge in [0.05, 0.1) is 6.04 Å². The van der Waals surface area contributed by atoms with Gasteiger partial charge in [0.25, 0.3) is 5.56 Å². The first-order valence-corrected chi connectivity index (χ1v) is 10.7. The van der Waals surface area contributed by atoms with E-state index in [9.17, 15) is 14.7 Å². The lowest BCUT2D eigenvalue weighted by Gasteiger charge is -2.33. The second kappa shape index (κ2) is 7.37. The van der Waals surface area contributed by atoms with Crippen LogP contribution in [0, 0.1) is 5.41 Å². The van der Waals surface area contributed by atoms with Crippen LogP contribution in [0.3, 0.4) is 0 Å². The Labute approximate surface area is 179 Å². The van der Waals surface area contributed by atoms with Crippen molar-refractivity contribution in [3.05, 3.63) is 64.2 Å². The molecule has 160 valence electrons. The molecule has 0 aromatic carbocycles. The van der Waals surface area contributed by atoms with Crippen molar-refractivity contribution in [2.45, 2.75) is 38.6 Å². The Morgan fingerprint density at radius 2 is 1.97 bits per heavy atom. The molecule has 1 saturated heterocycles. The zero-order valence-corrected chi connectivity index (χ0v) is 17.4. The van der Waals surface area contributed by atoms with Crippen LogP contribution in [0.2, 0.25) is 0 Å². The van der Waals surface area contributed by atoms with Gasteiger partial charge in [0.15, 0.2) is 0 Å². The largest absolute Gasteiger partial charge is 0.478 e. The molecule has 0 radical (unpaired) electrons. The Kier molecular flexibility index (Phi) is 4.64. The summed E-state index contributed by atoms with van der Waals surface area (Å²) in [4.78, 5) is 35.6. The van der Waals surface area contributed by atoms with Gasteiger partial charge >= 0.3 is 5.97 Å². The number of piperidine rings is 1. The number of pyridine rings is 2. The van der Waals surface area contributed by atoms with Crippen molar-refractivity contribution < 1.29 is 9.90 Å². The number of carbonyl (C=O) groups is 1. The number of anilines is 2. The summed E-state index contributed by atoms with van der Waals surface area (Å²) in [6.07, 6.45) is 8.23. The van der Waals surface area contributed by atoms with E-state index in [1.807, 2.05) is 13.0 Å². The van der Waals surface area contributed by atoms with Gasteiger partial charge in [-0.25, -0.2) is 14.8 Å². The molecule has 0 amide bonds. The highest BCUT2D eigenvalue weighted by atomic mass is 16.4. The minimum Gasteiger partial charge on any atom is -0.478 e. The van der Waals surface area contributed by atoms with Crippen molar-refractivity contribution in [1.82, 2.24) is 14.4 Å². The Balaban J connectivity index is 1.49. The molecule has 3 aromatic rings. The number of carboxylic acid groups (broad SMARTS) is 1. The predicted molar refractivity (Wildman–Crippen MR) is 118 cm³/mol. The Morgan fingerprint density at radius 3 is 2.68 bits per heavy atom. The number of nitrogens with one attached hydrogen (secondary N) is 1. The summed E-state index contributed by atoms with van der Waals surface area (Å²) in [5.41, 5.74) is 1.91. The first kappa shape index (κ1) is 19.5. The van der Waals surface area contributed by atoms with E-state index in [1.54, 1.807) is 35.0 Å². The molecule has 1 atom stereocenters. The molecule has 31 heavy (non-hydrogen) atoms. The summed E-state index contributed by atoms with van der Waals surface area (Å²) in [5.74, 6) is -0.0474. The lowest BCUT2D eigenvalue weighted by atomic mass is 9.94. The Bertz CT molecular complexity index is 1210. The molecule has 3 aromatic heterocycles. The summed E-state index contributed by atoms with van der Waals surface area (Å²) in [5, 5.41) is 12.6. The molecular formula is C23H25N5O3. The zero-order chi connectivity index (χ0) is 21.6. The molecule has 8 heteroatoms. The maximum atomic E-state index is 12.8. The van der Waals surface area contributed by atoms with E-state index in [-0.39, 0.29) is 23.0 Å². The van der Waals surface area contributed by atoms with Crippen molar-refractivity contribution in [3.8, 4) is 0 Å². The predicted octanol–water partition coefficient (Wildman–Crippen LogP) is 3.34. The fourth-order valence-corrected chi connectivity index (χ4v) is 4.50. The van der Waals surface area contributed by atoms with Crippen molar-refractivity contribution in [2.75, 3.05) is 23.3 Å². The van der Waals surface area contributed by atoms with E-state index >= 15 is 0 Å². The van der Waals surface area contributed by atoms with Gasteiger partial charge < -0.3 is 15.3 Å². The van der Waals surface area contributed by atoms with Crippen molar-refractivity contribution in [1.29, 1.82) is 0 Å². The van der Waals surface area contributed by atoms with Gasteiger partial charge in [-0.1, -0.05) is 6.07 Å². The van der Waals surface area contributed by atoms with Gasteiger partial charge in [-0.2, -0.15) is 0 Å². The quantitative estimate of drug-likeness (QED) is 0.654. The summed E-state index contributed by atoms with van der Waals surface area (Å²) in [6.45, 7) is 3.76. The number of aromatic nitrogens is 3. The minimum absolute atomic E-state index is 0.0997. The number of hydrogen-bond acceptors (Lipinski definition) is 6. The van der Waals surface area contributed by atoms with Gasteiger partial charge in [-0.05, 0) is 56.2 Å². The highest BCUT2D eigenvalue weighted by molar-refractivity contribution is 5.93. The second-order valence-corrected chi connectivity index (χ2v) is 8.67. The molecule has 2 N–H and O–H groups in total. The third-order valence-corrected chi connectivity index (χ3v) is 6.67. The number of carboxylic acids is 1. The van der Waals surface area contributed by atoms with Crippen LogP contribution in [0.4, 0.5) is 11.6 Å². The Hall–Kier alpha value is -3.42. The fourth-order valence-electron chi connectivity index (χ4n) is 4.50. The van der Waals surface area contributed by atoms with Crippen LogP contribution < -0.4 is 15.8 Å². The topological polar surface area (TPSA) is 99.8 Å². The summed E-state index contributed by atoms with van der Waals surface area (Å²) < 4.78 is 1.54. The number of aromatic carboxylic acids is 1. The van der Waals surface area contributed by atoms with E-state index < -0.39 is 5.97 Å². The lowest BCUT2D eigenvalue weighted by molar-refractivity contribution is 0.0697. The first-order valence-electron chi connectivity index (χ1n) is 10.7. The first-order chi connectivity index (χ1) is 15.0. The van der Waals surface area contributed by atoms with Crippen LogP contribution in [-0.4, -0.2) is 38.5 Å². The maximum absolute atomic E-state index is 12.8. The SMILES string of the molecule is C[C@@H](Nc1ncccc1C(=O)O)c1cccn2c(=O)cc(N3CCC4(CC3)CC4)nc12. The van der Waals surface area contributed by atoms with E-state index in [2.05, 4.69) is 15.2 Å². The zero-order valence-electron chi connectivity index (χ0n) is 17.4. The summed E-state index contributed by atoms with van der Waals surface area (Å²) >= 11 is 0. The molecular weight excluding hydrogens is 394 g/mol. The standard InChI is InChI=1S/C23H25N5O3/c1-15(25-20-17(22(30)31)4-2-10-24-20)16-5-3-11-28-19(29)14-18(26-21(16)28)27-12-8-23(6-7-23)9-13-27/h2-5,10-11,14-15H,6-9,12-13H2,1H3,(H,24,25)(H,30,31)/t15-/m1/s1. The molecule has 5 rings (SSSR count). The third-order valence-electron chi connectivity index (χ3n) is 6.67. The lowest BCUT2D eigenvalue weighted by Crippen LogP contribution is -2.36. The Morgan fingerprint density at radius 1 is 1.19 bits per heavy atom. The van der Waals surface area contributed by atoms with Crippen LogP contribution in [0.25, 0.3) is 5.65 Å². The maximum Gasteiger partial charge on any atom is 0.339 e. The van der Waals surface area contributed by atoms with E-state index in [0.29, 0.717) is 16.9 Å². The van der Waals surface area contributed by atoms with Crippen molar-refractivity contribution >= 4 is 23.3 Å². The van der Waals surface area contributed by atoms with Crippen LogP contribution >= 0.6 is 0 Å². The van der Waals surface area contributed by atoms with Crippen LogP contribution in [0.5, 0.6) is 0 Å². The van der Waals surface area contributed by atoms with Gasteiger partial charge in [0, 0.05) is 37.1 Å². The number of hydrogen-bond donors (Lipinski definition) is 2. The molecule has 1 aliphatic carbocycles. The fraction of sp³-hybridized carbons (Fsp3) is 0.391. The third kappa shape index (κ3) is 3.62. The number of fused-ring (bicyclic) bond motifs is 1. The molecule has 4 heterocycles. The monoisotopic (exact) mass is 419 g/mol. The van der Waals surface area contributed by atoms with Gasteiger partial charge in [0.2, 0.25) is 0 Å². The van der Waals surface area contributed by atoms with Crippen molar-refractivity contribution in [3.63, 3.8) is 0 Å². The van der Waals surface area contributed by atoms with Gasteiger partial charge in [-0.3, -0.25) is 9.20 Å². The molecule has 2 aliphatic rings. The van der Waals surface area contributed by atoms with Crippen molar-refractivity contribution in [2.24, 2.45) is 5.41 Å². The minimum atomic E-state index is -1.05. The molecule has 2 fully saturated rings. The second-order valence-electron chi connectivity index (χ2n) is 8.67. The van der Waals surface area contributed by atoms with Crippen LogP contribution in [0.1, 0.15) is 54.6 Å². The van der Waals surface area contributed by atoms with Crippen LogP contribution in [0.15, 0.2) is 47.5 Å². The summed E-state index contributed by atoms with van der Waals surface area (Å²) in [7, 11) is 0. The average molecular weight is 419 g/mol. The normalized spacial score (nSPS) is 18.2. The van der Waals surface area contributed by atoms with E-state index in [4.69, 9.17) is 4.98 Å². The molecule has 1 spiro atoms. The molecule has 1 saturated carbocycles. The molecule has 0 bridgehead atoms. The smallest absolute Gasteiger partial charge is 0.339 e. The number of nitrogens with zero attached hydrogens (tertiary/aromatic N) is 4. The highest BCUT2D eigenvalue weighted by Crippen LogP contribution is 2.53. The van der Waals surface area contributed by atoms with E-state index in [1.165, 1.54) is 18.9 Å². The summed E-state index contributed by atoms with van der Waals surface area (Å²) in [6, 6.07) is 8.12. The van der Waals surface area contributed by atoms with Crippen LogP contribution in [-0.2, 0) is 0 Å². The highest BCUT2D eigenvalue weighted by Gasteiger charge is 2.44. The molecule has 1 aliphatic heterocycles. The molecule has 0 unspecified atom stereocenters. The van der Waals surface area contributed by atoms with Gasteiger partial charge in [-0.15, -0.1) is 0 Å². The van der Waals surface area contributed by atoms with Gasteiger partial charge in [0.1, 0.15) is 22.8 Å². The number of rotatable bonds is 5. The van der Waals surface area contributed by atoms with E-state index in [0.717, 1.165) is 31.5 Å². The molecule has 8 nitrogen and oxygen atoms in total.